The zero-order chi connectivity index (χ0) is 20.4. The van der Waals surface area contributed by atoms with E-state index >= 15 is 0 Å². The lowest BCUT2D eigenvalue weighted by Crippen LogP contribution is -2.42. The topological polar surface area (TPSA) is 86.0 Å². The van der Waals surface area contributed by atoms with E-state index in [0.717, 1.165) is 10.1 Å². The summed E-state index contributed by atoms with van der Waals surface area (Å²) in [4.78, 5) is 42.9. The maximum Gasteiger partial charge on any atom is 0.337 e. The Labute approximate surface area is 165 Å². The number of anilines is 1. The van der Waals surface area contributed by atoms with Crippen LogP contribution >= 0.6 is 0 Å². The summed E-state index contributed by atoms with van der Waals surface area (Å²) in [7, 11) is 0. The molecule has 7 heteroatoms. The molecule has 1 amide bonds. The van der Waals surface area contributed by atoms with Crippen molar-refractivity contribution in [2.75, 3.05) is 5.32 Å². The van der Waals surface area contributed by atoms with Gasteiger partial charge in [0.15, 0.2) is 5.65 Å². The number of aromatic nitrogens is 3. The fourth-order valence-corrected chi connectivity index (χ4v) is 3.18. The van der Waals surface area contributed by atoms with Crippen molar-refractivity contribution < 1.29 is 4.79 Å². The molecule has 4 aromatic rings. The van der Waals surface area contributed by atoms with Crippen molar-refractivity contribution in [2.45, 2.75) is 13.5 Å². The van der Waals surface area contributed by atoms with Gasteiger partial charge in [-0.2, -0.15) is 0 Å². The number of rotatable bonds is 4. The first-order valence-electron chi connectivity index (χ1n) is 9.08. The van der Waals surface area contributed by atoms with Gasteiger partial charge in [-0.3, -0.25) is 9.59 Å². The third-order valence-corrected chi connectivity index (χ3v) is 4.63. The van der Waals surface area contributed by atoms with E-state index in [1.54, 1.807) is 48.5 Å². The van der Waals surface area contributed by atoms with Crippen molar-refractivity contribution >= 4 is 22.6 Å². The normalized spacial score (nSPS) is 10.8. The molecule has 0 aliphatic heterocycles. The van der Waals surface area contributed by atoms with Crippen LogP contribution in [0.5, 0.6) is 0 Å². The predicted octanol–water partition coefficient (Wildman–Crippen LogP) is 2.49. The summed E-state index contributed by atoms with van der Waals surface area (Å²) in [6.07, 6.45) is 1.52. The van der Waals surface area contributed by atoms with Gasteiger partial charge < -0.3 is 5.32 Å². The standard InChI is InChI=1S/C22H18N4O3/c1-15-8-5-6-12-18(15)24-19(27)14-25-21(28)17-11-7-13-23-20(17)26(22(25)29)16-9-3-2-4-10-16/h2-13H,14H2,1H3,(H,24,27). The molecular formula is C22H18N4O3. The summed E-state index contributed by atoms with van der Waals surface area (Å²) in [6, 6.07) is 19.4. The second-order valence-corrected chi connectivity index (χ2v) is 6.58. The molecule has 0 spiro atoms. The Morgan fingerprint density at radius 1 is 0.966 bits per heavy atom. The maximum absolute atomic E-state index is 13.2. The number of benzene rings is 2. The molecule has 0 bridgehead atoms. The smallest absolute Gasteiger partial charge is 0.324 e. The number of hydrogen-bond acceptors (Lipinski definition) is 4. The molecule has 2 aromatic heterocycles. The number of nitrogens with zero attached hydrogens (tertiary/aromatic N) is 3. The van der Waals surface area contributed by atoms with Gasteiger partial charge in [-0.15, -0.1) is 0 Å². The number of nitrogens with one attached hydrogen (secondary N) is 1. The molecule has 0 atom stereocenters. The van der Waals surface area contributed by atoms with Gasteiger partial charge >= 0.3 is 5.69 Å². The van der Waals surface area contributed by atoms with Crippen LogP contribution in [0.2, 0.25) is 0 Å². The Hall–Kier alpha value is -4.00. The van der Waals surface area contributed by atoms with Gasteiger partial charge in [0.25, 0.3) is 5.56 Å². The molecule has 0 saturated heterocycles. The second kappa shape index (κ2) is 7.55. The average Bonchev–Trinajstić information content (AvgIpc) is 2.74. The summed E-state index contributed by atoms with van der Waals surface area (Å²) in [6.45, 7) is 1.47. The minimum Gasteiger partial charge on any atom is -0.324 e. The Bertz CT molecular complexity index is 1320. The number of pyridine rings is 1. The number of carbonyl (C=O) groups is 1. The van der Waals surface area contributed by atoms with Gasteiger partial charge in [0.2, 0.25) is 5.91 Å². The summed E-state index contributed by atoms with van der Waals surface area (Å²) in [5, 5.41) is 3.02. The van der Waals surface area contributed by atoms with Crippen LogP contribution in [0.15, 0.2) is 82.5 Å². The third kappa shape index (κ3) is 3.45. The van der Waals surface area contributed by atoms with Crippen LogP contribution < -0.4 is 16.6 Å². The van der Waals surface area contributed by atoms with E-state index in [9.17, 15) is 14.4 Å². The van der Waals surface area contributed by atoms with Crippen LogP contribution in [-0.2, 0) is 11.3 Å². The van der Waals surface area contributed by atoms with Crippen molar-refractivity contribution in [3.63, 3.8) is 0 Å². The highest BCUT2D eigenvalue weighted by atomic mass is 16.2. The molecule has 0 fully saturated rings. The number of para-hydroxylation sites is 2. The first-order valence-corrected chi connectivity index (χ1v) is 9.08. The summed E-state index contributed by atoms with van der Waals surface area (Å²) in [5.74, 6) is -0.457. The highest BCUT2D eigenvalue weighted by molar-refractivity contribution is 5.91. The van der Waals surface area contributed by atoms with E-state index in [-0.39, 0.29) is 11.0 Å². The Kier molecular flexibility index (Phi) is 4.78. The highest BCUT2D eigenvalue weighted by Gasteiger charge is 2.17. The molecule has 0 saturated carbocycles. The van der Waals surface area contributed by atoms with Crippen molar-refractivity contribution in [2.24, 2.45) is 0 Å². The fourth-order valence-electron chi connectivity index (χ4n) is 3.18. The van der Waals surface area contributed by atoms with Crippen LogP contribution in [-0.4, -0.2) is 20.0 Å². The number of fused-ring (bicyclic) bond motifs is 1. The van der Waals surface area contributed by atoms with Crippen LogP contribution in [0.25, 0.3) is 16.7 Å². The van der Waals surface area contributed by atoms with Gasteiger partial charge in [0.05, 0.1) is 11.1 Å². The summed E-state index contributed by atoms with van der Waals surface area (Å²) < 4.78 is 2.28. The largest absolute Gasteiger partial charge is 0.337 e. The SMILES string of the molecule is Cc1ccccc1NC(=O)Cn1c(=O)c2cccnc2n(-c2ccccc2)c1=O. The third-order valence-electron chi connectivity index (χ3n) is 4.63. The Morgan fingerprint density at radius 3 is 2.45 bits per heavy atom. The quantitative estimate of drug-likeness (QED) is 0.584. The molecule has 144 valence electrons. The van der Waals surface area contributed by atoms with Crippen molar-refractivity contribution in [1.29, 1.82) is 0 Å². The zero-order valence-electron chi connectivity index (χ0n) is 15.7. The van der Waals surface area contributed by atoms with E-state index in [1.807, 2.05) is 25.1 Å². The van der Waals surface area contributed by atoms with E-state index in [1.165, 1.54) is 10.8 Å². The van der Waals surface area contributed by atoms with Crippen molar-refractivity contribution in [3.05, 3.63) is 99.3 Å². The monoisotopic (exact) mass is 386 g/mol. The molecule has 29 heavy (non-hydrogen) atoms. The predicted molar refractivity (Wildman–Crippen MR) is 111 cm³/mol. The lowest BCUT2D eigenvalue weighted by Gasteiger charge is -2.14. The molecule has 0 radical (unpaired) electrons. The number of amides is 1. The van der Waals surface area contributed by atoms with Gasteiger partial charge in [-0.1, -0.05) is 36.4 Å². The Balaban J connectivity index is 1.83. The van der Waals surface area contributed by atoms with Gasteiger partial charge in [0, 0.05) is 11.9 Å². The molecule has 2 heterocycles. The van der Waals surface area contributed by atoms with E-state index in [0.29, 0.717) is 11.4 Å². The maximum atomic E-state index is 13.2. The number of aryl methyl sites for hydroxylation is 1. The van der Waals surface area contributed by atoms with Crippen molar-refractivity contribution in [1.82, 2.24) is 14.1 Å². The van der Waals surface area contributed by atoms with Crippen LogP contribution in [0.3, 0.4) is 0 Å². The lowest BCUT2D eigenvalue weighted by molar-refractivity contribution is -0.116. The van der Waals surface area contributed by atoms with E-state index in [4.69, 9.17) is 0 Å². The molecule has 4 rings (SSSR count). The Morgan fingerprint density at radius 2 is 1.69 bits per heavy atom. The van der Waals surface area contributed by atoms with Crippen LogP contribution in [0.1, 0.15) is 5.56 Å². The lowest BCUT2D eigenvalue weighted by atomic mass is 10.2. The minimum absolute atomic E-state index is 0.254. The average molecular weight is 386 g/mol. The van der Waals surface area contributed by atoms with E-state index < -0.39 is 23.7 Å². The highest BCUT2D eigenvalue weighted by Crippen LogP contribution is 2.14. The van der Waals surface area contributed by atoms with Crippen molar-refractivity contribution in [3.8, 4) is 5.69 Å². The minimum atomic E-state index is -0.618. The molecule has 7 nitrogen and oxygen atoms in total. The zero-order valence-corrected chi connectivity index (χ0v) is 15.7. The van der Waals surface area contributed by atoms with Gasteiger partial charge in [-0.05, 0) is 42.8 Å². The molecular weight excluding hydrogens is 368 g/mol. The van der Waals surface area contributed by atoms with Crippen LogP contribution in [0, 0.1) is 6.92 Å². The first-order chi connectivity index (χ1) is 14.1. The number of carbonyl (C=O) groups excluding carboxylic acids is 1. The number of hydrogen-bond donors (Lipinski definition) is 1. The molecule has 2 aromatic carbocycles. The second-order valence-electron chi connectivity index (χ2n) is 6.58. The molecule has 0 aliphatic rings. The van der Waals surface area contributed by atoms with Gasteiger partial charge in [-0.25, -0.2) is 18.9 Å². The van der Waals surface area contributed by atoms with E-state index in [2.05, 4.69) is 10.3 Å². The van der Waals surface area contributed by atoms with Gasteiger partial charge in [0.1, 0.15) is 6.54 Å². The first kappa shape index (κ1) is 18.4. The molecule has 0 unspecified atom stereocenters. The summed E-state index contributed by atoms with van der Waals surface area (Å²) in [5.41, 5.74) is 1.17. The molecule has 1 N–H and O–H groups in total. The van der Waals surface area contributed by atoms with Crippen LogP contribution in [0.4, 0.5) is 5.69 Å². The fraction of sp³-hybridized carbons (Fsp3) is 0.0909. The molecule has 0 aliphatic carbocycles. The summed E-state index contributed by atoms with van der Waals surface area (Å²) >= 11 is 0.